The van der Waals surface area contributed by atoms with Gasteiger partial charge in [0.15, 0.2) is 5.15 Å². The molecule has 18 heavy (non-hydrogen) atoms. The lowest BCUT2D eigenvalue weighted by atomic mass is 10.2. The molecule has 2 aromatic rings. The van der Waals surface area contributed by atoms with Crippen LogP contribution in [0.2, 0.25) is 5.15 Å². The zero-order valence-electron chi connectivity index (χ0n) is 10.4. The van der Waals surface area contributed by atoms with Crippen LogP contribution in [0, 0.1) is 0 Å². The van der Waals surface area contributed by atoms with Crippen LogP contribution in [0.15, 0.2) is 28.7 Å². The molecule has 1 heterocycles. The fourth-order valence-electron chi connectivity index (χ4n) is 1.90. The van der Waals surface area contributed by atoms with Crippen molar-refractivity contribution < 1.29 is 0 Å². The molecule has 0 aliphatic carbocycles. The van der Waals surface area contributed by atoms with Crippen molar-refractivity contribution in [2.75, 3.05) is 13.6 Å². The molecule has 0 fully saturated rings. The number of nitrogens with zero attached hydrogens (tertiary/aromatic N) is 2. The number of nitrogens with one attached hydrogen (secondary N) is 1. The van der Waals surface area contributed by atoms with Crippen LogP contribution in [-0.4, -0.2) is 23.1 Å². The van der Waals surface area contributed by atoms with E-state index in [9.17, 15) is 0 Å². The molecule has 0 saturated heterocycles. The van der Waals surface area contributed by atoms with E-state index in [1.54, 1.807) is 0 Å². The number of imidazole rings is 1. The van der Waals surface area contributed by atoms with Crippen molar-refractivity contribution in [2.24, 2.45) is 7.05 Å². The lowest BCUT2D eigenvalue weighted by Gasteiger charge is -2.06. The van der Waals surface area contributed by atoms with Crippen LogP contribution in [0.3, 0.4) is 0 Å². The van der Waals surface area contributed by atoms with Crippen molar-refractivity contribution in [3.8, 4) is 11.4 Å². The van der Waals surface area contributed by atoms with Crippen LogP contribution in [0.25, 0.3) is 11.4 Å². The number of hydrogen-bond donors (Lipinski definition) is 1. The highest BCUT2D eigenvalue weighted by atomic mass is 79.9. The van der Waals surface area contributed by atoms with E-state index in [1.807, 2.05) is 38.4 Å². The van der Waals surface area contributed by atoms with Gasteiger partial charge in [-0.1, -0.05) is 39.7 Å². The molecule has 2 rings (SSSR count). The first-order valence-electron chi connectivity index (χ1n) is 5.75. The third-order valence-electron chi connectivity index (χ3n) is 2.86. The Bertz CT molecular complexity index is 551. The van der Waals surface area contributed by atoms with Crippen LogP contribution < -0.4 is 5.32 Å². The molecule has 1 aromatic heterocycles. The lowest BCUT2D eigenvalue weighted by molar-refractivity contribution is 0.740. The summed E-state index contributed by atoms with van der Waals surface area (Å²) in [5, 5.41) is 3.71. The maximum Gasteiger partial charge on any atom is 0.151 e. The zero-order valence-corrected chi connectivity index (χ0v) is 12.7. The summed E-state index contributed by atoms with van der Waals surface area (Å²) < 4.78 is 3.09. The predicted molar refractivity (Wildman–Crippen MR) is 79.0 cm³/mol. The molecule has 1 aromatic carbocycles. The first-order chi connectivity index (χ1) is 8.63. The quantitative estimate of drug-likeness (QED) is 0.933. The minimum atomic E-state index is 0.586. The van der Waals surface area contributed by atoms with Crippen LogP contribution in [0.1, 0.15) is 5.69 Å². The Hall–Kier alpha value is -0.840. The molecule has 0 radical (unpaired) electrons. The zero-order chi connectivity index (χ0) is 13.1. The first kappa shape index (κ1) is 13.6. The molecule has 1 N–H and O–H groups in total. The molecule has 3 nitrogen and oxygen atoms in total. The Morgan fingerprint density at radius 3 is 2.89 bits per heavy atom. The van der Waals surface area contributed by atoms with Gasteiger partial charge in [-0.15, -0.1) is 0 Å². The van der Waals surface area contributed by atoms with Crippen LogP contribution in [-0.2, 0) is 13.5 Å². The maximum absolute atomic E-state index is 6.20. The summed E-state index contributed by atoms with van der Waals surface area (Å²) in [4.78, 5) is 4.45. The third kappa shape index (κ3) is 2.76. The smallest absolute Gasteiger partial charge is 0.151 e. The maximum atomic E-state index is 6.20. The summed E-state index contributed by atoms with van der Waals surface area (Å²) in [6.07, 6.45) is 0.868. The second-order valence-electron chi connectivity index (χ2n) is 4.10. The summed E-state index contributed by atoms with van der Waals surface area (Å²) in [6, 6.07) is 8.07. The van der Waals surface area contributed by atoms with Gasteiger partial charge >= 0.3 is 0 Å². The molecule has 5 heteroatoms. The molecule has 0 saturated carbocycles. The van der Waals surface area contributed by atoms with Crippen LogP contribution in [0.5, 0.6) is 0 Å². The molecule has 0 atom stereocenters. The van der Waals surface area contributed by atoms with Crippen molar-refractivity contribution in [3.63, 3.8) is 0 Å². The van der Waals surface area contributed by atoms with Gasteiger partial charge in [0.05, 0.1) is 5.69 Å². The fourth-order valence-corrected chi connectivity index (χ4v) is 2.60. The highest BCUT2D eigenvalue weighted by Crippen LogP contribution is 2.26. The van der Waals surface area contributed by atoms with E-state index in [0.717, 1.165) is 34.5 Å². The summed E-state index contributed by atoms with van der Waals surface area (Å²) in [7, 11) is 3.93. The average Bonchev–Trinajstić information content (AvgIpc) is 2.63. The van der Waals surface area contributed by atoms with Crippen molar-refractivity contribution in [2.45, 2.75) is 6.42 Å². The monoisotopic (exact) mass is 327 g/mol. The van der Waals surface area contributed by atoms with Gasteiger partial charge in [-0.25, -0.2) is 4.98 Å². The van der Waals surface area contributed by atoms with E-state index >= 15 is 0 Å². The average molecular weight is 329 g/mol. The molecule has 0 spiro atoms. The fraction of sp³-hybridized carbons (Fsp3) is 0.308. The van der Waals surface area contributed by atoms with E-state index in [1.165, 1.54) is 0 Å². The summed E-state index contributed by atoms with van der Waals surface area (Å²) in [5.74, 6) is 0.896. The number of halogens is 2. The third-order valence-corrected chi connectivity index (χ3v) is 3.66. The van der Waals surface area contributed by atoms with Gasteiger partial charge in [0.25, 0.3) is 0 Å². The van der Waals surface area contributed by atoms with Crippen molar-refractivity contribution in [1.29, 1.82) is 0 Å². The lowest BCUT2D eigenvalue weighted by Crippen LogP contribution is -2.12. The van der Waals surface area contributed by atoms with Gasteiger partial charge in [0.2, 0.25) is 0 Å². The molecule has 0 unspecified atom stereocenters. The van der Waals surface area contributed by atoms with Crippen molar-refractivity contribution >= 4 is 27.5 Å². The molecule has 0 aliphatic heterocycles. The minimum absolute atomic E-state index is 0.586. The molecule has 0 bridgehead atoms. The highest BCUT2D eigenvalue weighted by molar-refractivity contribution is 9.10. The van der Waals surface area contributed by atoms with Gasteiger partial charge in [-0.2, -0.15) is 0 Å². The molecule has 96 valence electrons. The number of aromatic nitrogens is 2. The molecule has 0 aliphatic rings. The highest BCUT2D eigenvalue weighted by Gasteiger charge is 2.14. The number of hydrogen-bond acceptors (Lipinski definition) is 2. The Labute approximate surface area is 120 Å². The summed E-state index contributed by atoms with van der Waals surface area (Å²) in [6.45, 7) is 0.886. The Morgan fingerprint density at radius 2 is 2.22 bits per heavy atom. The van der Waals surface area contributed by atoms with E-state index in [2.05, 4.69) is 30.8 Å². The summed E-state index contributed by atoms with van der Waals surface area (Å²) >= 11 is 9.68. The summed E-state index contributed by atoms with van der Waals surface area (Å²) in [5.41, 5.74) is 2.12. The van der Waals surface area contributed by atoms with Gasteiger partial charge in [-0.05, 0) is 19.2 Å². The van der Waals surface area contributed by atoms with E-state index < -0.39 is 0 Å². The normalized spacial score (nSPS) is 10.9. The van der Waals surface area contributed by atoms with Crippen LogP contribution in [0.4, 0.5) is 0 Å². The largest absolute Gasteiger partial charge is 0.330 e. The van der Waals surface area contributed by atoms with Crippen LogP contribution >= 0.6 is 27.5 Å². The Balaban J connectivity index is 2.40. The standard InChI is InChI=1S/C13H15BrClN3/c1-16-7-6-11-12(15)17-13(18(11)2)9-4-3-5-10(14)8-9/h3-5,8,16H,6-7H2,1-2H3. The number of likely N-dealkylation sites (N-methyl/N-ethyl adjacent to an activating group) is 1. The van der Waals surface area contributed by atoms with Crippen molar-refractivity contribution in [3.05, 3.63) is 39.6 Å². The minimum Gasteiger partial charge on any atom is -0.330 e. The van der Waals surface area contributed by atoms with E-state index in [0.29, 0.717) is 5.15 Å². The van der Waals surface area contributed by atoms with Gasteiger partial charge in [-0.3, -0.25) is 0 Å². The molecular formula is C13H15BrClN3. The van der Waals surface area contributed by atoms with Gasteiger partial charge in [0, 0.05) is 30.0 Å². The first-order valence-corrected chi connectivity index (χ1v) is 6.92. The Morgan fingerprint density at radius 1 is 1.44 bits per heavy atom. The number of rotatable bonds is 4. The second kappa shape index (κ2) is 5.87. The predicted octanol–water partition coefficient (Wildman–Crippen LogP) is 3.26. The van der Waals surface area contributed by atoms with Gasteiger partial charge < -0.3 is 9.88 Å². The Kier molecular flexibility index (Phi) is 4.43. The topological polar surface area (TPSA) is 29.9 Å². The molecule has 0 amide bonds. The molecular weight excluding hydrogens is 314 g/mol. The van der Waals surface area contributed by atoms with E-state index in [-0.39, 0.29) is 0 Å². The van der Waals surface area contributed by atoms with Crippen molar-refractivity contribution in [1.82, 2.24) is 14.9 Å². The SMILES string of the molecule is CNCCc1c(Cl)nc(-c2cccc(Br)c2)n1C. The van der Waals surface area contributed by atoms with Gasteiger partial charge in [0.1, 0.15) is 5.82 Å². The second-order valence-corrected chi connectivity index (χ2v) is 5.37. The van der Waals surface area contributed by atoms with E-state index in [4.69, 9.17) is 11.6 Å². The number of benzene rings is 1.